The highest BCUT2D eigenvalue weighted by molar-refractivity contribution is 9.09. The Morgan fingerprint density at radius 2 is 2.10 bits per heavy atom. The molecule has 0 aliphatic heterocycles. The number of Topliss-reactive ketones (excluding diaryl/α,β-unsaturated/α-hetero) is 1. The lowest BCUT2D eigenvalue weighted by Crippen LogP contribution is -2.07. The average molecular weight is 209 g/mol. The van der Waals surface area contributed by atoms with Crippen LogP contribution in [-0.2, 0) is 14.3 Å². The number of carbonyl (C=O) groups is 2. The maximum Gasteiger partial charge on any atom is 0.302 e. The zero-order valence-electron chi connectivity index (χ0n) is 5.72. The highest BCUT2D eigenvalue weighted by Gasteiger charge is 1.99. The molecule has 0 N–H and O–H groups in total. The SMILES string of the molecule is CC(=O)OCCC(=O)CBr. The van der Waals surface area contributed by atoms with Gasteiger partial charge < -0.3 is 4.74 Å². The molecular formula is C6H9BrO3. The quantitative estimate of drug-likeness (QED) is 0.510. The maximum absolute atomic E-state index is 10.6. The Morgan fingerprint density at radius 1 is 1.50 bits per heavy atom. The van der Waals surface area contributed by atoms with Gasteiger partial charge in [-0.05, 0) is 0 Å². The van der Waals surface area contributed by atoms with E-state index in [1.807, 2.05) is 0 Å². The van der Waals surface area contributed by atoms with Gasteiger partial charge in [-0.15, -0.1) is 0 Å². The largest absolute Gasteiger partial charge is 0.465 e. The van der Waals surface area contributed by atoms with Crippen LogP contribution in [0.1, 0.15) is 13.3 Å². The summed E-state index contributed by atoms with van der Waals surface area (Å²) < 4.78 is 4.53. The lowest BCUT2D eigenvalue weighted by molar-refractivity contribution is -0.141. The van der Waals surface area contributed by atoms with Gasteiger partial charge in [0.2, 0.25) is 0 Å². The van der Waals surface area contributed by atoms with Crippen LogP contribution in [-0.4, -0.2) is 23.7 Å². The van der Waals surface area contributed by atoms with E-state index in [4.69, 9.17) is 0 Å². The zero-order chi connectivity index (χ0) is 7.98. The van der Waals surface area contributed by atoms with Gasteiger partial charge in [-0.2, -0.15) is 0 Å². The summed E-state index contributed by atoms with van der Waals surface area (Å²) in [5, 5.41) is 0.328. The van der Waals surface area contributed by atoms with E-state index in [-0.39, 0.29) is 18.4 Å². The van der Waals surface area contributed by atoms with Gasteiger partial charge in [0.15, 0.2) is 0 Å². The van der Waals surface area contributed by atoms with Crippen molar-refractivity contribution in [2.75, 3.05) is 11.9 Å². The van der Waals surface area contributed by atoms with E-state index >= 15 is 0 Å². The molecular weight excluding hydrogens is 200 g/mol. The third-order valence-electron chi connectivity index (χ3n) is 0.835. The molecule has 58 valence electrons. The van der Waals surface area contributed by atoms with E-state index in [1.165, 1.54) is 6.92 Å². The topological polar surface area (TPSA) is 43.4 Å². The van der Waals surface area contributed by atoms with Crippen molar-refractivity contribution in [1.82, 2.24) is 0 Å². The fourth-order valence-electron chi connectivity index (χ4n) is 0.375. The first-order valence-electron chi connectivity index (χ1n) is 2.88. The summed E-state index contributed by atoms with van der Waals surface area (Å²) in [4.78, 5) is 20.7. The molecule has 10 heavy (non-hydrogen) atoms. The van der Waals surface area contributed by atoms with E-state index in [9.17, 15) is 9.59 Å². The summed E-state index contributed by atoms with van der Waals surface area (Å²) >= 11 is 2.99. The van der Waals surface area contributed by atoms with Crippen LogP contribution in [0.3, 0.4) is 0 Å². The predicted molar refractivity (Wildman–Crippen MR) is 40.1 cm³/mol. The summed E-state index contributed by atoms with van der Waals surface area (Å²) in [5.41, 5.74) is 0. The van der Waals surface area contributed by atoms with Crippen LogP contribution >= 0.6 is 15.9 Å². The maximum atomic E-state index is 10.6. The van der Waals surface area contributed by atoms with Gasteiger partial charge >= 0.3 is 5.97 Å². The number of hydrogen-bond acceptors (Lipinski definition) is 3. The molecule has 0 saturated carbocycles. The van der Waals surface area contributed by atoms with Gasteiger partial charge in [-0.3, -0.25) is 9.59 Å². The Kier molecular flexibility index (Phi) is 5.20. The smallest absolute Gasteiger partial charge is 0.302 e. The monoisotopic (exact) mass is 208 g/mol. The van der Waals surface area contributed by atoms with Crippen LogP contribution in [0.4, 0.5) is 0 Å². The minimum absolute atomic E-state index is 0.0428. The molecule has 3 nitrogen and oxygen atoms in total. The molecule has 0 fully saturated rings. The van der Waals surface area contributed by atoms with Crippen LogP contribution in [0.2, 0.25) is 0 Å². The first kappa shape index (κ1) is 9.62. The number of rotatable bonds is 4. The number of ketones is 1. The molecule has 0 aliphatic carbocycles. The van der Waals surface area contributed by atoms with E-state index in [0.717, 1.165) is 0 Å². The third-order valence-corrected chi connectivity index (χ3v) is 1.46. The number of hydrogen-bond donors (Lipinski definition) is 0. The molecule has 0 aromatic rings. The van der Waals surface area contributed by atoms with Crippen molar-refractivity contribution < 1.29 is 14.3 Å². The molecule has 0 aromatic heterocycles. The van der Waals surface area contributed by atoms with Gasteiger partial charge in [0.1, 0.15) is 5.78 Å². The minimum atomic E-state index is -0.345. The summed E-state index contributed by atoms with van der Waals surface area (Å²) in [6.45, 7) is 1.51. The molecule has 0 saturated heterocycles. The van der Waals surface area contributed by atoms with Crippen LogP contribution in [0.5, 0.6) is 0 Å². The molecule has 0 heterocycles. The molecule has 4 heteroatoms. The van der Waals surface area contributed by atoms with Crippen molar-refractivity contribution in [3.63, 3.8) is 0 Å². The first-order chi connectivity index (χ1) is 4.66. The molecule has 0 spiro atoms. The standard InChI is InChI=1S/C6H9BrO3/c1-5(8)10-3-2-6(9)4-7/h2-4H2,1H3. The molecule has 0 rings (SSSR count). The summed E-state index contributed by atoms with van der Waals surface area (Å²) in [6, 6.07) is 0. The number of esters is 1. The summed E-state index contributed by atoms with van der Waals surface area (Å²) in [5.74, 6) is -0.302. The van der Waals surface area contributed by atoms with Crippen molar-refractivity contribution in [2.24, 2.45) is 0 Å². The lowest BCUT2D eigenvalue weighted by Gasteiger charge is -1.97. The highest BCUT2D eigenvalue weighted by Crippen LogP contribution is 1.90. The number of carbonyl (C=O) groups excluding carboxylic acids is 2. The molecule has 0 amide bonds. The predicted octanol–water partition coefficient (Wildman–Crippen LogP) is 0.904. The van der Waals surface area contributed by atoms with E-state index in [2.05, 4.69) is 20.7 Å². The molecule has 0 aromatic carbocycles. The Balaban J connectivity index is 3.20. The van der Waals surface area contributed by atoms with Gasteiger partial charge in [-0.1, -0.05) is 15.9 Å². The second-order valence-electron chi connectivity index (χ2n) is 1.76. The van der Waals surface area contributed by atoms with Gasteiger partial charge in [0.05, 0.1) is 11.9 Å². The molecule has 0 aliphatic rings. The number of ether oxygens (including phenoxy) is 1. The molecule has 0 unspecified atom stereocenters. The minimum Gasteiger partial charge on any atom is -0.465 e. The van der Waals surface area contributed by atoms with Crippen LogP contribution < -0.4 is 0 Å². The van der Waals surface area contributed by atoms with E-state index in [0.29, 0.717) is 11.8 Å². The average Bonchev–Trinajstić information content (AvgIpc) is 1.87. The molecule has 0 bridgehead atoms. The fourth-order valence-corrected chi connectivity index (χ4v) is 0.656. The summed E-state index contributed by atoms with van der Waals surface area (Å²) in [6.07, 6.45) is 0.296. The normalized spacial score (nSPS) is 9.00. The van der Waals surface area contributed by atoms with Crippen molar-refractivity contribution in [1.29, 1.82) is 0 Å². The second kappa shape index (κ2) is 5.41. The van der Waals surface area contributed by atoms with E-state index in [1.54, 1.807) is 0 Å². The van der Waals surface area contributed by atoms with Crippen molar-refractivity contribution in [3.05, 3.63) is 0 Å². The van der Waals surface area contributed by atoms with Crippen molar-refractivity contribution in [2.45, 2.75) is 13.3 Å². The third kappa shape index (κ3) is 5.75. The van der Waals surface area contributed by atoms with Gasteiger partial charge in [-0.25, -0.2) is 0 Å². The van der Waals surface area contributed by atoms with Crippen molar-refractivity contribution in [3.8, 4) is 0 Å². The number of halogens is 1. The van der Waals surface area contributed by atoms with Crippen LogP contribution in [0.15, 0.2) is 0 Å². The van der Waals surface area contributed by atoms with Gasteiger partial charge in [0.25, 0.3) is 0 Å². The Bertz CT molecular complexity index is 133. The van der Waals surface area contributed by atoms with E-state index < -0.39 is 0 Å². The van der Waals surface area contributed by atoms with Crippen molar-refractivity contribution >= 4 is 27.7 Å². The fraction of sp³-hybridized carbons (Fsp3) is 0.667. The lowest BCUT2D eigenvalue weighted by atomic mass is 10.3. The Morgan fingerprint density at radius 3 is 2.50 bits per heavy atom. The number of alkyl halides is 1. The Labute approximate surface area is 67.9 Å². The molecule has 0 radical (unpaired) electrons. The summed E-state index contributed by atoms with van der Waals surface area (Å²) in [7, 11) is 0. The highest BCUT2D eigenvalue weighted by atomic mass is 79.9. The zero-order valence-corrected chi connectivity index (χ0v) is 7.31. The van der Waals surface area contributed by atoms with Crippen LogP contribution in [0.25, 0.3) is 0 Å². The first-order valence-corrected chi connectivity index (χ1v) is 4.00. The second-order valence-corrected chi connectivity index (χ2v) is 2.32. The Hall–Kier alpha value is -0.380. The molecule has 0 atom stereocenters. The van der Waals surface area contributed by atoms with Gasteiger partial charge in [0, 0.05) is 13.3 Å². The van der Waals surface area contributed by atoms with Crippen LogP contribution in [0, 0.1) is 0 Å².